The molecule has 0 radical (unpaired) electrons. The molecule has 3 N–H and O–H groups in total. The molecule has 0 aliphatic carbocycles. The van der Waals surface area contributed by atoms with Crippen LogP contribution in [0, 0.1) is 5.92 Å². The zero-order valence-electron chi connectivity index (χ0n) is 8.77. The third kappa shape index (κ3) is 2.23. The van der Waals surface area contributed by atoms with Crippen LogP contribution in [-0.4, -0.2) is 10.1 Å². The van der Waals surface area contributed by atoms with E-state index in [1.165, 1.54) is 0 Å². The molecule has 1 heterocycles. The fourth-order valence-electron chi connectivity index (χ4n) is 1.65. The molecule has 0 aromatic carbocycles. The summed E-state index contributed by atoms with van der Waals surface area (Å²) in [5, 5.41) is 10.0. The Hall–Kier alpha value is -1.09. The second-order valence-electron chi connectivity index (χ2n) is 3.53. The van der Waals surface area contributed by atoms with Gasteiger partial charge in [0.1, 0.15) is 0 Å². The van der Waals surface area contributed by atoms with Crippen LogP contribution >= 0.6 is 0 Å². The maximum absolute atomic E-state index is 10.0. The lowest BCUT2D eigenvalue weighted by Crippen LogP contribution is -2.13. The van der Waals surface area contributed by atoms with Crippen LogP contribution in [0.15, 0.2) is 18.5 Å². The quantitative estimate of drug-likeness (QED) is 0.772. The number of aliphatic hydroxyl groups is 1. The molecule has 1 aromatic heterocycles. The number of rotatable bonds is 4. The van der Waals surface area contributed by atoms with Crippen molar-refractivity contribution in [1.82, 2.24) is 4.98 Å². The molecule has 1 atom stereocenters. The van der Waals surface area contributed by atoms with Crippen LogP contribution in [0.2, 0.25) is 0 Å². The first-order valence-corrected chi connectivity index (χ1v) is 5.08. The fraction of sp³-hybridized carbons (Fsp3) is 0.545. The van der Waals surface area contributed by atoms with Crippen molar-refractivity contribution in [3.05, 3.63) is 24.0 Å². The van der Waals surface area contributed by atoms with Crippen LogP contribution in [0.4, 0.5) is 5.69 Å². The van der Waals surface area contributed by atoms with E-state index >= 15 is 0 Å². The first kappa shape index (κ1) is 11.0. The first-order valence-electron chi connectivity index (χ1n) is 5.08. The van der Waals surface area contributed by atoms with Crippen molar-refractivity contribution in [2.45, 2.75) is 32.8 Å². The lowest BCUT2D eigenvalue weighted by Gasteiger charge is -2.21. The topological polar surface area (TPSA) is 59.1 Å². The molecule has 1 rings (SSSR count). The zero-order chi connectivity index (χ0) is 10.6. The van der Waals surface area contributed by atoms with Crippen molar-refractivity contribution < 1.29 is 5.11 Å². The second kappa shape index (κ2) is 4.96. The predicted molar refractivity (Wildman–Crippen MR) is 57.7 cm³/mol. The minimum atomic E-state index is -0.487. The van der Waals surface area contributed by atoms with Crippen molar-refractivity contribution in [1.29, 1.82) is 0 Å². The lowest BCUT2D eigenvalue weighted by atomic mass is 9.91. The molecule has 0 saturated heterocycles. The number of anilines is 1. The molecule has 3 heteroatoms. The van der Waals surface area contributed by atoms with Crippen molar-refractivity contribution in [3.8, 4) is 0 Å². The third-order valence-corrected chi connectivity index (χ3v) is 2.70. The minimum absolute atomic E-state index is 0.265. The molecule has 0 amide bonds. The monoisotopic (exact) mass is 194 g/mol. The summed E-state index contributed by atoms with van der Waals surface area (Å²) in [5.41, 5.74) is 7.14. The Balaban J connectivity index is 2.88. The summed E-state index contributed by atoms with van der Waals surface area (Å²) in [6.07, 6.45) is 4.70. The lowest BCUT2D eigenvalue weighted by molar-refractivity contribution is 0.104. The van der Waals surface area contributed by atoms with E-state index in [-0.39, 0.29) is 5.92 Å². The molecule has 3 nitrogen and oxygen atoms in total. The molecule has 1 aromatic rings. The summed E-state index contributed by atoms with van der Waals surface area (Å²) in [7, 11) is 0. The highest BCUT2D eigenvalue weighted by Gasteiger charge is 2.19. The fourth-order valence-corrected chi connectivity index (χ4v) is 1.65. The van der Waals surface area contributed by atoms with E-state index < -0.39 is 6.10 Å². The van der Waals surface area contributed by atoms with Crippen molar-refractivity contribution >= 4 is 5.69 Å². The maximum atomic E-state index is 10.0. The van der Waals surface area contributed by atoms with Crippen molar-refractivity contribution in [2.75, 3.05) is 5.73 Å². The number of hydrogen-bond acceptors (Lipinski definition) is 3. The van der Waals surface area contributed by atoms with Crippen LogP contribution in [0.5, 0.6) is 0 Å². The first-order chi connectivity index (χ1) is 6.70. The molecule has 0 fully saturated rings. The number of pyridine rings is 1. The van der Waals surface area contributed by atoms with Crippen LogP contribution in [0.3, 0.4) is 0 Å². The Labute approximate surface area is 85.0 Å². The number of nitrogen functional groups attached to an aromatic ring is 1. The molecule has 0 spiro atoms. The molecule has 78 valence electrons. The highest BCUT2D eigenvalue weighted by atomic mass is 16.3. The Morgan fingerprint density at radius 1 is 1.43 bits per heavy atom. The van der Waals surface area contributed by atoms with Gasteiger partial charge in [0, 0.05) is 23.6 Å². The van der Waals surface area contributed by atoms with Gasteiger partial charge in [-0.05, 0) is 12.0 Å². The highest BCUT2D eigenvalue weighted by molar-refractivity contribution is 5.45. The van der Waals surface area contributed by atoms with Gasteiger partial charge in [0.25, 0.3) is 0 Å². The average Bonchev–Trinajstić information content (AvgIpc) is 2.20. The zero-order valence-corrected chi connectivity index (χ0v) is 8.77. The van der Waals surface area contributed by atoms with Gasteiger partial charge in [-0.1, -0.05) is 26.7 Å². The molecule has 1 unspecified atom stereocenters. The van der Waals surface area contributed by atoms with E-state index in [0.29, 0.717) is 5.69 Å². The summed E-state index contributed by atoms with van der Waals surface area (Å²) >= 11 is 0. The number of aliphatic hydroxyl groups excluding tert-OH is 1. The van der Waals surface area contributed by atoms with E-state index in [1.807, 2.05) is 0 Å². The van der Waals surface area contributed by atoms with Gasteiger partial charge in [-0.2, -0.15) is 0 Å². The van der Waals surface area contributed by atoms with Crippen molar-refractivity contribution in [2.24, 2.45) is 5.92 Å². The number of nitrogens with two attached hydrogens (primary N) is 1. The summed E-state index contributed by atoms with van der Waals surface area (Å²) in [6, 6.07) is 1.72. The summed E-state index contributed by atoms with van der Waals surface area (Å²) in [5.74, 6) is 0.265. The Morgan fingerprint density at radius 3 is 2.57 bits per heavy atom. The smallest absolute Gasteiger partial charge is 0.0852 e. The van der Waals surface area contributed by atoms with E-state index in [1.54, 1.807) is 18.5 Å². The highest BCUT2D eigenvalue weighted by Crippen LogP contribution is 2.29. The van der Waals surface area contributed by atoms with E-state index in [0.717, 1.165) is 18.4 Å². The summed E-state index contributed by atoms with van der Waals surface area (Å²) in [6.45, 7) is 4.15. The van der Waals surface area contributed by atoms with E-state index in [2.05, 4.69) is 18.8 Å². The molecule has 0 saturated carbocycles. The normalized spacial score (nSPS) is 13.1. The second-order valence-corrected chi connectivity index (χ2v) is 3.53. The van der Waals surface area contributed by atoms with Gasteiger partial charge in [-0.15, -0.1) is 0 Å². The van der Waals surface area contributed by atoms with Gasteiger partial charge in [0.05, 0.1) is 6.10 Å². The number of hydrogen-bond donors (Lipinski definition) is 2. The SMILES string of the molecule is CCC(CC)C(O)c1cnccc1N. The van der Waals surface area contributed by atoms with Gasteiger partial charge in [-0.25, -0.2) is 0 Å². The van der Waals surface area contributed by atoms with Gasteiger partial charge in [0.2, 0.25) is 0 Å². The van der Waals surface area contributed by atoms with Gasteiger partial charge in [0.15, 0.2) is 0 Å². The Morgan fingerprint density at radius 2 is 2.07 bits per heavy atom. The van der Waals surface area contributed by atoms with Crippen molar-refractivity contribution in [3.63, 3.8) is 0 Å². The van der Waals surface area contributed by atoms with Crippen LogP contribution in [0.25, 0.3) is 0 Å². The standard InChI is InChI=1S/C11H18N2O/c1-3-8(4-2)11(14)9-7-13-6-5-10(9)12/h5-8,11,14H,3-4H2,1-2H3,(H2,12,13). The molecular weight excluding hydrogens is 176 g/mol. The van der Waals surface area contributed by atoms with E-state index in [9.17, 15) is 5.11 Å². The van der Waals surface area contributed by atoms with Crippen LogP contribution < -0.4 is 5.73 Å². The van der Waals surface area contributed by atoms with Crippen LogP contribution in [0.1, 0.15) is 38.4 Å². The predicted octanol–water partition coefficient (Wildman–Crippen LogP) is 2.13. The average molecular weight is 194 g/mol. The van der Waals surface area contributed by atoms with Crippen LogP contribution in [-0.2, 0) is 0 Å². The third-order valence-electron chi connectivity index (χ3n) is 2.70. The molecular formula is C11H18N2O. The largest absolute Gasteiger partial charge is 0.398 e. The molecule has 14 heavy (non-hydrogen) atoms. The van der Waals surface area contributed by atoms with E-state index in [4.69, 9.17) is 5.73 Å². The molecule has 0 aliphatic rings. The molecule has 0 bridgehead atoms. The summed E-state index contributed by atoms with van der Waals surface area (Å²) in [4.78, 5) is 3.98. The number of aromatic nitrogens is 1. The maximum Gasteiger partial charge on any atom is 0.0852 e. The Kier molecular flexibility index (Phi) is 3.89. The van der Waals surface area contributed by atoms with Gasteiger partial charge in [-0.3, -0.25) is 4.98 Å². The summed E-state index contributed by atoms with van der Waals surface area (Å²) < 4.78 is 0. The minimum Gasteiger partial charge on any atom is -0.398 e. The number of nitrogens with zero attached hydrogens (tertiary/aromatic N) is 1. The van der Waals surface area contributed by atoms with Gasteiger partial charge >= 0.3 is 0 Å². The Bertz CT molecular complexity index is 284. The molecule has 0 aliphatic heterocycles. The van der Waals surface area contributed by atoms with Gasteiger partial charge < -0.3 is 10.8 Å².